The van der Waals surface area contributed by atoms with Crippen LogP contribution in [0.3, 0.4) is 0 Å². The number of amides is 1. The van der Waals surface area contributed by atoms with E-state index < -0.39 is 10.2 Å². The smallest absolute Gasteiger partial charge is 0.271 e. The van der Waals surface area contributed by atoms with Crippen molar-refractivity contribution in [2.24, 2.45) is 0 Å². The van der Waals surface area contributed by atoms with Gasteiger partial charge in [0.2, 0.25) is 5.91 Å². The molecule has 0 saturated carbocycles. The maximum Gasteiger partial charge on any atom is 0.271 e. The highest BCUT2D eigenvalue weighted by Gasteiger charge is 2.22. The molecule has 0 spiro atoms. The fourth-order valence-corrected chi connectivity index (χ4v) is 4.17. The lowest BCUT2D eigenvalue weighted by atomic mass is 10.1. The van der Waals surface area contributed by atoms with Crippen LogP contribution in [-0.4, -0.2) is 35.8 Å². The lowest BCUT2D eigenvalue weighted by Gasteiger charge is -2.14. The third-order valence-electron chi connectivity index (χ3n) is 5.15. The number of hydrogen-bond acceptors (Lipinski definition) is 7. The van der Waals surface area contributed by atoms with Crippen molar-refractivity contribution in [3.05, 3.63) is 88.7 Å². The molecule has 9 nitrogen and oxygen atoms in total. The number of carbonyl (C=O) groups excluding carboxylic acids is 1. The number of pyridine rings is 1. The first kappa shape index (κ1) is 23.1. The molecule has 1 N–H and O–H groups in total. The molecule has 0 unspecified atom stereocenters. The number of anilines is 1. The Morgan fingerprint density at radius 3 is 2.53 bits per heavy atom. The zero-order valence-electron chi connectivity index (χ0n) is 18.6. The summed E-state index contributed by atoms with van der Waals surface area (Å²) < 4.78 is 1.91. The van der Waals surface area contributed by atoms with E-state index in [1.165, 1.54) is 35.5 Å². The van der Waals surface area contributed by atoms with Crippen LogP contribution in [0.2, 0.25) is 0 Å². The third kappa shape index (κ3) is 5.12. The second-order valence-electron chi connectivity index (χ2n) is 7.45. The van der Waals surface area contributed by atoms with Crippen molar-refractivity contribution in [2.45, 2.75) is 30.7 Å². The van der Waals surface area contributed by atoms with Crippen LogP contribution in [0.4, 0.5) is 11.4 Å². The van der Waals surface area contributed by atoms with Crippen LogP contribution in [0.1, 0.15) is 19.4 Å². The van der Waals surface area contributed by atoms with Gasteiger partial charge in [-0.1, -0.05) is 36.9 Å². The lowest BCUT2D eigenvalue weighted by Crippen LogP contribution is -2.23. The molecule has 172 valence electrons. The molecule has 0 aliphatic carbocycles. The summed E-state index contributed by atoms with van der Waals surface area (Å²) in [6.07, 6.45) is 4.31. The summed E-state index contributed by atoms with van der Waals surface area (Å²) in [5.74, 6) is 0.340. The van der Waals surface area contributed by atoms with Crippen LogP contribution >= 0.6 is 11.8 Å². The second-order valence-corrected chi connectivity index (χ2v) is 8.76. The molecular formula is C24H22N6O3S. The molecule has 34 heavy (non-hydrogen) atoms. The molecule has 0 bridgehead atoms. The van der Waals surface area contributed by atoms with Gasteiger partial charge in [0.25, 0.3) is 5.69 Å². The van der Waals surface area contributed by atoms with Gasteiger partial charge >= 0.3 is 0 Å². The number of carbonyl (C=O) groups is 1. The van der Waals surface area contributed by atoms with Crippen molar-refractivity contribution in [1.29, 1.82) is 0 Å². The molecule has 0 aliphatic heterocycles. The van der Waals surface area contributed by atoms with E-state index in [1.54, 1.807) is 25.4 Å². The first-order valence-corrected chi connectivity index (χ1v) is 11.5. The Balaban J connectivity index is 1.62. The standard InChI is InChI=1S/C24H22N6O3S/c1-3-17-7-9-20(10-8-17)29-22(18-11-13-25-14-12-18)27-28-24(29)34-16(2)23(31)26-19-5-4-6-21(15-19)30(32)33/h4-16H,3H2,1-2H3,(H,26,31)/t16-/m0/s1. The molecule has 0 radical (unpaired) electrons. The number of nitrogens with zero attached hydrogens (tertiary/aromatic N) is 5. The summed E-state index contributed by atoms with van der Waals surface area (Å²) in [6.45, 7) is 3.85. The number of benzene rings is 2. The summed E-state index contributed by atoms with van der Waals surface area (Å²) in [5, 5.41) is 22.5. The molecule has 2 heterocycles. The predicted octanol–water partition coefficient (Wildman–Crippen LogP) is 4.92. The van der Waals surface area contributed by atoms with Crippen molar-refractivity contribution < 1.29 is 9.72 Å². The molecule has 10 heteroatoms. The van der Waals surface area contributed by atoms with Gasteiger partial charge in [-0.15, -0.1) is 10.2 Å². The highest BCUT2D eigenvalue weighted by atomic mass is 32.2. The zero-order chi connectivity index (χ0) is 24.1. The maximum atomic E-state index is 12.8. The van der Waals surface area contributed by atoms with Gasteiger partial charge in [0, 0.05) is 41.5 Å². The average Bonchev–Trinajstić information content (AvgIpc) is 3.28. The minimum atomic E-state index is -0.539. The number of aryl methyl sites for hydroxylation is 1. The summed E-state index contributed by atoms with van der Waals surface area (Å²) in [6, 6.07) is 17.7. The minimum absolute atomic E-state index is 0.0876. The van der Waals surface area contributed by atoms with Crippen molar-refractivity contribution in [3.63, 3.8) is 0 Å². The van der Waals surface area contributed by atoms with E-state index in [2.05, 4.69) is 39.6 Å². The Bertz CT molecular complexity index is 1310. The number of hydrogen-bond donors (Lipinski definition) is 1. The van der Waals surface area contributed by atoms with Gasteiger partial charge in [-0.3, -0.25) is 24.5 Å². The van der Waals surface area contributed by atoms with E-state index in [0.29, 0.717) is 16.7 Å². The molecule has 0 aliphatic rings. The van der Waals surface area contributed by atoms with Crippen LogP contribution in [0, 0.1) is 10.1 Å². The van der Waals surface area contributed by atoms with Gasteiger partial charge in [0.05, 0.1) is 10.2 Å². The van der Waals surface area contributed by atoms with Crippen LogP contribution < -0.4 is 5.32 Å². The van der Waals surface area contributed by atoms with E-state index in [0.717, 1.165) is 17.7 Å². The monoisotopic (exact) mass is 474 g/mol. The first-order valence-electron chi connectivity index (χ1n) is 10.6. The van der Waals surface area contributed by atoms with Gasteiger partial charge in [0.15, 0.2) is 11.0 Å². The number of non-ortho nitro benzene ring substituents is 1. The Morgan fingerprint density at radius 2 is 1.85 bits per heavy atom. The fourth-order valence-electron chi connectivity index (χ4n) is 3.30. The molecular weight excluding hydrogens is 452 g/mol. The van der Waals surface area contributed by atoms with Crippen LogP contribution in [0.25, 0.3) is 17.1 Å². The first-order chi connectivity index (χ1) is 16.5. The Morgan fingerprint density at radius 1 is 1.12 bits per heavy atom. The van der Waals surface area contributed by atoms with Crippen molar-refractivity contribution in [2.75, 3.05) is 5.32 Å². The second kappa shape index (κ2) is 10.3. The number of nitro benzene ring substituents is 1. The SMILES string of the molecule is CCc1ccc(-n2c(S[C@@H](C)C(=O)Nc3cccc([N+](=O)[O-])c3)nnc2-c2ccncc2)cc1. The number of rotatable bonds is 8. The van der Waals surface area contributed by atoms with Crippen molar-refractivity contribution in [1.82, 2.24) is 19.7 Å². The number of aromatic nitrogens is 4. The Hall–Kier alpha value is -4.05. The fraction of sp³-hybridized carbons (Fsp3) is 0.167. The predicted molar refractivity (Wildman–Crippen MR) is 131 cm³/mol. The van der Waals surface area contributed by atoms with Gasteiger partial charge in [-0.25, -0.2) is 0 Å². The third-order valence-corrected chi connectivity index (χ3v) is 6.19. The van der Waals surface area contributed by atoms with E-state index in [4.69, 9.17) is 0 Å². The largest absolute Gasteiger partial charge is 0.325 e. The molecule has 0 saturated heterocycles. The van der Waals surface area contributed by atoms with Gasteiger partial charge in [-0.05, 0) is 49.2 Å². The maximum absolute atomic E-state index is 12.8. The topological polar surface area (TPSA) is 116 Å². The highest BCUT2D eigenvalue weighted by Crippen LogP contribution is 2.30. The number of nitro groups is 1. The quantitative estimate of drug-likeness (QED) is 0.219. The normalized spacial score (nSPS) is 11.7. The van der Waals surface area contributed by atoms with E-state index in [9.17, 15) is 14.9 Å². The average molecular weight is 475 g/mol. The molecule has 2 aromatic carbocycles. The molecule has 0 fully saturated rings. The van der Waals surface area contributed by atoms with Crippen LogP contribution in [0.5, 0.6) is 0 Å². The van der Waals surface area contributed by atoms with E-state index in [-0.39, 0.29) is 11.6 Å². The highest BCUT2D eigenvalue weighted by molar-refractivity contribution is 8.00. The molecule has 1 atom stereocenters. The van der Waals surface area contributed by atoms with Gasteiger partial charge in [0.1, 0.15) is 0 Å². The van der Waals surface area contributed by atoms with E-state index in [1.807, 2.05) is 28.8 Å². The summed E-state index contributed by atoms with van der Waals surface area (Å²) in [7, 11) is 0. The van der Waals surface area contributed by atoms with Gasteiger partial charge in [-0.2, -0.15) is 0 Å². The molecule has 1 amide bonds. The summed E-state index contributed by atoms with van der Waals surface area (Å²) in [4.78, 5) is 27.4. The minimum Gasteiger partial charge on any atom is -0.325 e. The van der Waals surface area contributed by atoms with Crippen molar-refractivity contribution >= 4 is 29.0 Å². The Labute approximate surface area is 200 Å². The molecule has 4 rings (SSSR count). The molecule has 4 aromatic rings. The number of nitrogens with one attached hydrogen (secondary N) is 1. The molecule has 2 aromatic heterocycles. The van der Waals surface area contributed by atoms with E-state index >= 15 is 0 Å². The van der Waals surface area contributed by atoms with Crippen LogP contribution in [0.15, 0.2) is 78.2 Å². The number of thioether (sulfide) groups is 1. The van der Waals surface area contributed by atoms with Crippen LogP contribution in [-0.2, 0) is 11.2 Å². The van der Waals surface area contributed by atoms with Crippen molar-refractivity contribution in [3.8, 4) is 17.1 Å². The zero-order valence-corrected chi connectivity index (χ0v) is 19.4. The summed E-state index contributed by atoms with van der Waals surface area (Å²) >= 11 is 1.26. The Kier molecular flexibility index (Phi) is 6.98. The summed E-state index contributed by atoms with van der Waals surface area (Å²) in [5.41, 5.74) is 3.21. The van der Waals surface area contributed by atoms with Gasteiger partial charge < -0.3 is 5.32 Å². The lowest BCUT2D eigenvalue weighted by molar-refractivity contribution is -0.384.